The standard InChI is InChI=1S/C12H21F2NO2/c1-10(2,3)7-8(11(4,5)6)17-12(13,14)9(16)15-7/h7-8H,1-6H3,(H,15,16)/t7?,8-/m1/s1. The van der Waals surface area contributed by atoms with Gasteiger partial charge < -0.3 is 10.1 Å². The van der Waals surface area contributed by atoms with Crippen molar-refractivity contribution in [3.8, 4) is 0 Å². The Labute approximate surface area is 101 Å². The van der Waals surface area contributed by atoms with Crippen molar-refractivity contribution in [2.24, 2.45) is 10.8 Å². The number of ether oxygens (including phenoxy) is 1. The van der Waals surface area contributed by atoms with E-state index in [1.807, 2.05) is 41.5 Å². The van der Waals surface area contributed by atoms with E-state index in [0.717, 1.165) is 0 Å². The fraction of sp³-hybridized carbons (Fsp3) is 0.917. The molecule has 0 radical (unpaired) electrons. The lowest BCUT2D eigenvalue weighted by atomic mass is 9.73. The van der Waals surface area contributed by atoms with Crippen LogP contribution in [0.25, 0.3) is 0 Å². The van der Waals surface area contributed by atoms with Gasteiger partial charge in [0.2, 0.25) is 0 Å². The zero-order valence-corrected chi connectivity index (χ0v) is 11.2. The molecule has 0 aromatic rings. The lowest BCUT2D eigenvalue weighted by Crippen LogP contribution is -2.66. The highest BCUT2D eigenvalue weighted by Gasteiger charge is 2.55. The molecule has 0 aromatic heterocycles. The predicted molar refractivity (Wildman–Crippen MR) is 60.7 cm³/mol. The zero-order valence-electron chi connectivity index (χ0n) is 11.2. The van der Waals surface area contributed by atoms with Crippen molar-refractivity contribution in [1.82, 2.24) is 5.32 Å². The Bertz CT molecular complexity index is 315. The van der Waals surface area contributed by atoms with Crippen LogP contribution in [0.15, 0.2) is 0 Å². The molecule has 1 fully saturated rings. The number of carbonyl (C=O) groups excluding carboxylic acids is 1. The Morgan fingerprint density at radius 3 is 1.94 bits per heavy atom. The number of rotatable bonds is 0. The van der Waals surface area contributed by atoms with Crippen LogP contribution in [-0.2, 0) is 9.53 Å². The second kappa shape index (κ2) is 3.90. The van der Waals surface area contributed by atoms with Gasteiger partial charge in [-0.15, -0.1) is 0 Å². The largest absolute Gasteiger partial charge is 0.436 e. The highest BCUT2D eigenvalue weighted by atomic mass is 19.3. The summed E-state index contributed by atoms with van der Waals surface area (Å²) in [5.74, 6) is -1.35. The molecule has 1 amide bonds. The molecule has 3 nitrogen and oxygen atoms in total. The lowest BCUT2D eigenvalue weighted by molar-refractivity contribution is -0.288. The molecule has 1 heterocycles. The Kier molecular flexibility index (Phi) is 3.29. The molecule has 0 aliphatic carbocycles. The average molecular weight is 249 g/mol. The number of hydrogen-bond donors (Lipinski definition) is 1. The summed E-state index contributed by atoms with van der Waals surface area (Å²) in [7, 11) is 0. The van der Waals surface area contributed by atoms with E-state index in [0.29, 0.717) is 0 Å². The molecule has 0 spiro atoms. The second-order valence-corrected chi connectivity index (χ2v) is 6.74. The van der Waals surface area contributed by atoms with Crippen LogP contribution >= 0.6 is 0 Å². The van der Waals surface area contributed by atoms with E-state index in [-0.39, 0.29) is 5.41 Å². The van der Waals surface area contributed by atoms with E-state index in [1.54, 1.807) is 0 Å². The van der Waals surface area contributed by atoms with Crippen molar-refractivity contribution in [1.29, 1.82) is 0 Å². The fourth-order valence-electron chi connectivity index (χ4n) is 1.93. The summed E-state index contributed by atoms with van der Waals surface area (Å²) in [4.78, 5) is 11.3. The minimum atomic E-state index is -3.74. The van der Waals surface area contributed by atoms with E-state index < -0.39 is 29.6 Å². The van der Waals surface area contributed by atoms with Crippen molar-refractivity contribution < 1.29 is 18.3 Å². The number of hydrogen-bond acceptors (Lipinski definition) is 2. The lowest BCUT2D eigenvalue weighted by Gasteiger charge is -2.47. The Balaban J connectivity index is 3.08. The Morgan fingerprint density at radius 1 is 1.12 bits per heavy atom. The van der Waals surface area contributed by atoms with Gasteiger partial charge in [0, 0.05) is 0 Å². The van der Waals surface area contributed by atoms with Crippen LogP contribution < -0.4 is 5.32 Å². The Morgan fingerprint density at radius 2 is 1.59 bits per heavy atom. The smallest absolute Gasteiger partial charge is 0.343 e. The highest BCUT2D eigenvalue weighted by molar-refractivity contribution is 5.83. The molecule has 1 rings (SSSR count). The quantitative estimate of drug-likeness (QED) is 0.716. The van der Waals surface area contributed by atoms with Gasteiger partial charge in [0.15, 0.2) is 0 Å². The molecular formula is C12H21F2NO2. The summed E-state index contributed by atoms with van der Waals surface area (Å²) in [6, 6.07) is -0.436. The van der Waals surface area contributed by atoms with Gasteiger partial charge in [-0.2, -0.15) is 8.78 Å². The third kappa shape index (κ3) is 2.94. The van der Waals surface area contributed by atoms with E-state index in [1.165, 1.54) is 0 Å². The van der Waals surface area contributed by atoms with Crippen LogP contribution in [0.1, 0.15) is 41.5 Å². The number of morpholine rings is 1. The molecule has 0 saturated carbocycles. The summed E-state index contributed by atoms with van der Waals surface area (Å²) in [6.07, 6.45) is -4.46. The summed E-state index contributed by atoms with van der Waals surface area (Å²) in [5, 5.41) is 2.39. The van der Waals surface area contributed by atoms with Crippen molar-refractivity contribution in [2.75, 3.05) is 0 Å². The van der Waals surface area contributed by atoms with Gasteiger partial charge in [-0.1, -0.05) is 41.5 Å². The molecule has 1 N–H and O–H groups in total. The summed E-state index contributed by atoms with van der Waals surface area (Å²) in [6.45, 7) is 11.1. The monoisotopic (exact) mass is 249 g/mol. The molecule has 5 heteroatoms. The van der Waals surface area contributed by atoms with Crippen molar-refractivity contribution in [3.05, 3.63) is 0 Å². The first-order valence-corrected chi connectivity index (χ1v) is 5.72. The van der Waals surface area contributed by atoms with E-state index in [4.69, 9.17) is 4.74 Å². The van der Waals surface area contributed by atoms with Crippen molar-refractivity contribution in [3.63, 3.8) is 0 Å². The van der Waals surface area contributed by atoms with Crippen LogP contribution in [0.5, 0.6) is 0 Å². The molecular weight excluding hydrogens is 228 g/mol. The maximum atomic E-state index is 13.3. The van der Waals surface area contributed by atoms with Crippen LogP contribution in [0.4, 0.5) is 8.78 Å². The molecule has 1 aliphatic rings. The molecule has 2 atom stereocenters. The van der Waals surface area contributed by atoms with Crippen LogP contribution in [0, 0.1) is 10.8 Å². The van der Waals surface area contributed by atoms with Gasteiger partial charge in [-0.25, -0.2) is 0 Å². The molecule has 1 unspecified atom stereocenters. The minimum absolute atomic E-state index is 0.343. The number of alkyl halides is 2. The normalized spacial score (nSPS) is 30.0. The van der Waals surface area contributed by atoms with Gasteiger partial charge in [0.25, 0.3) is 0 Å². The number of carbonyl (C=O) groups is 1. The summed E-state index contributed by atoms with van der Waals surface area (Å²) in [5.41, 5.74) is -0.820. The number of halogens is 2. The SMILES string of the molecule is CC(C)(C)C1NC(=O)C(F)(F)O[C@H]1C(C)(C)C. The van der Waals surface area contributed by atoms with E-state index >= 15 is 0 Å². The first-order chi connectivity index (χ1) is 7.36. The van der Waals surface area contributed by atoms with Crippen molar-refractivity contribution in [2.45, 2.75) is 59.8 Å². The predicted octanol–water partition coefficient (Wildman–Crippen LogP) is 2.56. The van der Waals surface area contributed by atoms with Crippen LogP contribution in [0.2, 0.25) is 0 Å². The maximum absolute atomic E-state index is 13.3. The first-order valence-electron chi connectivity index (χ1n) is 5.72. The number of amides is 1. The summed E-state index contributed by atoms with van der Waals surface area (Å²) < 4.78 is 31.4. The topological polar surface area (TPSA) is 38.3 Å². The van der Waals surface area contributed by atoms with E-state index in [9.17, 15) is 13.6 Å². The highest BCUT2D eigenvalue weighted by Crippen LogP contribution is 2.39. The maximum Gasteiger partial charge on any atom is 0.436 e. The zero-order chi connectivity index (χ0) is 13.6. The van der Waals surface area contributed by atoms with Crippen LogP contribution in [0.3, 0.4) is 0 Å². The van der Waals surface area contributed by atoms with Gasteiger partial charge in [-0.05, 0) is 10.8 Å². The van der Waals surface area contributed by atoms with Gasteiger partial charge >= 0.3 is 12.0 Å². The molecule has 0 aromatic carbocycles. The third-order valence-corrected chi connectivity index (χ3v) is 2.92. The van der Waals surface area contributed by atoms with Gasteiger partial charge in [0.05, 0.1) is 12.1 Å². The van der Waals surface area contributed by atoms with Gasteiger partial charge in [-0.3, -0.25) is 4.79 Å². The fourth-order valence-corrected chi connectivity index (χ4v) is 1.93. The van der Waals surface area contributed by atoms with E-state index in [2.05, 4.69) is 5.32 Å². The third-order valence-electron chi connectivity index (χ3n) is 2.92. The molecule has 100 valence electrons. The molecule has 1 saturated heterocycles. The van der Waals surface area contributed by atoms with Crippen molar-refractivity contribution >= 4 is 5.91 Å². The average Bonchev–Trinajstić information content (AvgIpc) is 2.05. The van der Waals surface area contributed by atoms with Crippen LogP contribution in [-0.4, -0.2) is 24.2 Å². The first kappa shape index (κ1) is 14.4. The number of nitrogens with one attached hydrogen (secondary N) is 1. The molecule has 17 heavy (non-hydrogen) atoms. The second-order valence-electron chi connectivity index (χ2n) is 6.74. The summed E-state index contributed by atoms with van der Waals surface area (Å²) >= 11 is 0. The minimum Gasteiger partial charge on any atom is -0.343 e. The molecule has 0 bridgehead atoms. The molecule has 1 aliphatic heterocycles. The van der Waals surface area contributed by atoms with Gasteiger partial charge in [0.1, 0.15) is 0 Å². The Hall–Kier alpha value is -0.710.